The summed E-state index contributed by atoms with van der Waals surface area (Å²) in [5, 5.41) is 21.9. The Morgan fingerprint density at radius 3 is 2.51 bits per heavy atom. The third kappa shape index (κ3) is 5.74. The van der Waals surface area contributed by atoms with Gasteiger partial charge in [-0.2, -0.15) is 5.26 Å². The Balaban J connectivity index is 1.54. The summed E-state index contributed by atoms with van der Waals surface area (Å²) >= 11 is 0. The molecule has 0 saturated heterocycles. The van der Waals surface area contributed by atoms with E-state index in [0.29, 0.717) is 0 Å². The van der Waals surface area contributed by atoms with Crippen molar-refractivity contribution in [2.24, 2.45) is 10.4 Å². The van der Waals surface area contributed by atoms with Crippen LogP contribution in [0.25, 0.3) is 21.7 Å². The fourth-order valence-corrected chi connectivity index (χ4v) is 3.92. The van der Waals surface area contributed by atoms with Gasteiger partial charge >= 0.3 is 0 Å². The number of carbonyl (C=O) groups is 1. The normalized spacial score (nSPS) is 12.7. The van der Waals surface area contributed by atoms with Crippen LogP contribution in [0.3, 0.4) is 0 Å². The van der Waals surface area contributed by atoms with Crippen molar-refractivity contribution in [3.05, 3.63) is 84.6 Å². The van der Waals surface area contributed by atoms with Gasteiger partial charge in [0.2, 0.25) is 18.1 Å². The standard InChI is InChI=1S/C28H28N6O/c1-28(2,3)26(33-25(35)17-20-11-6-10-19-9-4-5-12-21(19)20)34-27(31-18-29)32-24-15-7-14-23-22(24)13-8-16-30-23/h4-16,26H,17H2,1-3H3,(H,33,35)(H2,31,32,34). The van der Waals surface area contributed by atoms with Crippen LogP contribution in [0.15, 0.2) is 84.0 Å². The minimum atomic E-state index is -0.488. The van der Waals surface area contributed by atoms with E-state index in [2.05, 4.69) is 25.9 Å². The van der Waals surface area contributed by atoms with Crippen molar-refractivity contribution in [3.63, 3.8) is 0 Å². The van der Waals surface area contributed by atoms with E-state index < -0.39 is 6.17 Å². The molecule has 0 bridgehead atoms. The molecular weight excluding hydrogens is 436 g/mol. The van der Waals surface area contributed by atoms with E-state index in [1.54, 1.807) is 6.20 Å². The molecule has 3 N–H and O–H groups in total. The van der Waals surface area contributed by atoms with E-state index >= 15 is 0 Å². The quantitative estimate of drug-likeness (QED) is 0.168. The highest BCUT2D eigenvalue weighted by atomic mass is 16.1. The number of hydrogen-bond donors (Lipinski definition) is 3. The summed E-state index contributed by atoms with van der Waals surface area (Å²) in [6.07, 6.45) is 3.32. The van der Waals surface area contributed by atoms with Gasteiger partial charge in [0.25, 0.3) is 0 Å². The van der Waals surface area contributed by atoms with Gasteiger partial charge in [-0.3, -0.25) is 9.78 Å². The highest BCUT2D eigenvalue weighted by Gasteiger charge is 2.28. The van der Waals surface area contributed by atoms with Crippen molar-refractivity contribution in [1.29, 1.82) is 5.26 Å². The smallest absolute Gasteiger partial charge is 0.226 e. The number of fused-ring (bicyclic) bond motifs is 2. The number of hydrogen-bond acceptors (Lipinski definition) is 4. The summed E-state index contributed by atoms with van der Waals surface area (Å²) in [7, 11) is 0. The fraction of sp³-hybridized carbons (Fsp3) is 0.214. The number of nitriles is 1. The number of aliphatic imine (C=N–C) groups is 1. The first-order chi connectivity index (χ1) is 16.8. The van der Waals surface area contributed by atoms with Crippen LogP contribution >= 0.6 is 0 Å². The SMILES string of the molecule is CC(C)(C)C(NC(=O)Cc1cccc2ccccc12)N/C(=N/C#N)Nc1cccc2ncccc12. The van der Waals surface area contributed by atoms with Crippen LogP contribution in [-0.2, 0) is 11.2 Å². The second-order valence-corrected chi connectivity index (χ2v) is 9.39. The molecule has 1 heterocycles. The summed E-state index contributed by atoms with van der Waals surface area (Å²) in [4.78, 5) is 21.4. The van der Waals surface area contributed by atoms with Crippen LogP contribution in [0.4, 0.5) is 5.69 Å². The number of benzene rings is 3. The van der Waals surface area contributed by atoms with E-state index in [-0.39, 0.29) is 23.7 Å². The molecule has 0 aliphatic heterocycles. The predicted molar refractivity (Wildman–Crippen MR) is 141 cm³/mol. The van der Waals surface area contributed by atoms with Crippen molar-refractivity contribution < 1.29 is 4.79 Å². The van der Waals surface area contributed by atoms with Crippen molar-refractivity contribution in [2.75, 3.05) is 5.32 Å². The van der Waals surface area contributed by atoms with Crippen molar-refractivity contribution in [1.82, 2.24) is 15.6 Å². The highest BCUT2D eigenvalue weighted by molar-refractivity contribution is 6.02. The Morgan fingerprint density at radius 2 is 1.71 bits per heavy atom. The summed E-state index contributed by atoms with van der Waals surface area (Å²) < 4.78 is 0. The van der Waals surface area contributed by atoms with Gasteiger partial charge in [-0.15, -0.1) is 4.99 Å². The second kappa shape index (κ2) is 10.2. The van der Waals surface area contributed by atoms with Gasteiger partial charge in [0.05, 0.1) is 17.6 Å². The lowest BCUT2D eigenvalue weighted by molar-refractivity contribution is -0.122. The molecule has 1 aromatic heterocycles. The maximum absolute atomic E-state index is 13.1. The lowest BCUT2D eigenvalue weighted by Crippen LogP contribution is -2.56. The minimum absolute atomic E-state index is 0.126. The molecule has 1 atom stereocenters. The molecule has 0 spiro atoms. The molecule has 7 nitrogen and oxygen atoms in total. The second-order valence-electron chi connectivity index (χ2n) is 9.39. The third-order valence-electron chi connectivity index (χ3n) is 5.74. The highest BCUT2D eigenvalue weighted by Crippen LogP contribution is 2.23. The topological polar surface area (TPSA) is 102 Å². The molecule has 0 fully saturated rings. The average Bonchev–Trinajstić information content (AvgIpc) is 2.84. The number of anilines is 1. The van der Waals surface area contributed by atoms with Crippen molar-refractivity contribution >= 4 is 39.2 Å². The zero-order valence-corrected chi connectivity index (χ0v) is 20.0. The molecular formula is C28H28N6O. The molecule has 4 aromatic rings. The number of nitrogens with zero attached hydrogens (tertiary/aromatic N) is 3. The van der Waals surface area contributed by atoms with Gasteiger partial charge in [0.15, 0.2) is 0 Å². The number of rotatable bonds is 5. The van der Waals surface area contributed by atoms with E-state index in [4.69, 9.17) is 0 Å². The Morgan fingerprint density at radius 1 is 0.971 bits per heavy atom. The van der Waals surface area contributed by atoms with Crippen molar-refractivity contribution in [3.8, 4) is 6.19 Å². The molecule has 0 saturated carbocycles. The molecule has 1 amide bonds. The van der Waals surface area contributed by atoms with Crippen LogP contribution in [0.2, 0.25) is 0 Å². The molecule has 7 heteroatoms. The molecule has 4 rings (SSSR count). The number of amides is 1. The maximum atomic E-state index is 13.1. The van der Waals surface area contributed by atoms with Gasteiger partial charge in [-0.05, 0) is 40.6 Å². The molecule has 3 aromatic carbocycles. The minimum Gasteiger partial charge on any atom is -0.335 e. The molecule has 0 aliphatic rings. The molecule has 0 aliphatic carbocycles. The first-order valence-electron chi connectivity index (χ1n) is 11.5. The fourth-order valence-electron chi connectivity index (χ4n) is 3.92. The molecule has 176 valence electrons. The lowest BCUT2D eigenvalue weighted by atomic mass is 9.92. The summed E-state index contributed by atoms with van der Waals surface area (Å²) in [6, 6.07) is 23.5. The zero-order valence-electron chi connectivity index (χ0n) is 20.0. The van der Waals surface area contributed by atoms with Gasteiger partial charge in [0, 0.05) is 17.0 Å². The van der Waals surface area contributed by atoms with Gasteiger partial charge < -0.3 is 16.0 Å². The van der Waals surface area contributed by atoms with Crippen LogP contribution < -0.4 is 16.0 Å². The van der Waals surface area contributed by atoms with E-state index in [0.717, 1.165) is 32.9 Å². The number of pyridine rings is 1. The Kier molecular flexibility index (Phi) is 6.93. The van der Waals surface area contributed by atoms with Crippen LogP contribution in [0.1, 0.15) is 26.3 Å². The Bertz CT molecular complexity index is 1420. The van der Waals surface area contributed by atoms with E-state index in [1.807, 2.05) is 99.8 Å². The van der Waals surface area contributed by atoms with E-state index in [1.165, 1.54) is 0 Å². The first-order valence-corrected chi connectivity index (χ1v) is 11.5. The maximum Gasteiger partial charge on any atom is 0.226 e. The Labute approximate surface area is 204 Å². The van der Waals surface area contributed by atoms with Gasteiger partial charge in [-0.25, -0.2) is 0 Å². The van der Waals surface area contributed by atoms with Crippen LogP contribution in [-0.4, -0.2) is 23.0 Å². The number of nitrogens with one attached hydrogen (secondary N) is 3. The van der Waals surface area contributed by atoms with Gasteiger partial charge in [-0.1, -0.05) is 69.3 Å². The summed E-state index contributed by atoms with van der Waals surface area (Å²) in [6.45, 7) is 6.03. The summed E-state index contributed by atoms with van der Waals surface area (Å²) in [5.74, 6) is 0.119. The van der Waals surface area contributed by atoms with Crippen LogP contribution in [0.5, 0.6) is 0 Å². The predicted octanol–water partition coefficient (Wildman–Crippen LogP) is 4.96. The Hall–Kier alpha value is -4.44. The van der Waals surface area contributed by atoms with E-state index in [9.17, 15) is 10.1 Å². The third-order valence-corrected chi connectivity index (χ3v) is 5.74. The monoisotopic (exact) mass is 464 g/mol. The number of carbonyl (C=O) groups excluding carboxylic acids is 1. The molecule has 0 radical (unpaired) electrons. The lowest BCUT2D eigenvalue weighted by Gasteiger charge is -2.33. The van der Waals surface area contributed by atoms with Crippen molar-refractivity contribution in [2.45, 2.75) is 33.4 Å². The van der Waals surface area contributed by atoms with Crippen LogP contribution in [0, 0.1) is 16.9 Å². The van der Waals surface area contributed by atoms with Gasteiger partial charge in [0.1, 0.15) is 6.17 Å². The molecule has 35 heavy (non-hydrogen) atoms. The average molecular weight is 465 g/mol. The zero-order chi connectivity index (χ0) is 24.8. The summed E-state index contributed by atoms with van der Waals surface area (Å²) in [5.41, 5.74) is 2.17. The number of aromatic nitrogens is 1. The number of guanidine groups is 1. The first kappa shape index (κ1) is 23.7. The molecule has 1 unspecified atom stereocenters. The largest absolute Gasteiger partial charge is 0.335 e.